The van der Waals surface area contributed by atoms with Gasteiger partial charge in [-0.1, -0.05) is 12.1 Å². The van der Waals surface area contributed by atoms with E-state index in [9.17, 15) is 13.6 Å². The first-order valence-electron chi connectivity index (χ1n) is 11.0. The van der Waals surface area contributed by atoms with Crippen LogP contribution in [0.5, 0.6) is 5.75 Å². The molecule has 5 rings (SSSR count). The molecular weight excluding hydrogens is 456 g/mol. The van der Waals surface area contributed by atoms with Crippen molar-refractivity contribution in [3.8, 4) is 11.4 Å². The number of carbonyl (C=O) groups is 1. The molecule has 2 aliphatic rings. The van der Waals surface area contributed by atoms with Crippen molar-refractivity contribution >= 4 is 12.0 Å². The van der Waals surface area contributed by atoms with E-state index in [0.29, 0.717) is 22.6 Å². The summed E-state index contributed by atoms with van der Waals surface area (Å²) in [7, 11) is 1.57. The second-order valence-electron chi connectivity index (χ2n) is 8.36. The minimum atomic E-state index is -0.983. The van der Waals surface area contributed by atoms with E-state index in [1.165, 1.54) is 17.2 Å². The summed E-state index contributed by atoms with van der Waals surface area (Å²) in [5.74, 6) is -1.62. The van der Waals surface area contributed by atoms with Crippen LogP contribution in [0, 0.1) is 18.6 Å². The lowest BCUT2D eigenvalue weighted by Gasteiger charge is -2.42. The number of fused-ring (bicyclic) bond motifs is 1. The summed E-state index contributed by atoms with van der Waals surface area (Å²) in [6.07, 6.45) is 6.20. The Morgan fingerprint density at radius 3 is 2.71 bits per heavy atom. The number of imidazole rings is 1. The topological polar surface area (TPSA) is 65.8 Å². The van der Waals surface area contributed by atoms with Crippen LogP contribution >= 0.6 is 0 Å². The number of morpholine rings is 1. The Morgan fingerprint density at radius 1 is 1.17 bits per heavy atom. The number of ether oxygens (including phenoxy) is 3. The van der Waals surface area contributed by atoms with Crippen molar-refractivity contribution in [2.24, 2.45) is 0 Å². The van der Waals surface area contributed by atoms with Crippen LogP contribution in [0.1, 0.15) is 29.8 Å². The normalized spacial score (nSPS) is 20.7. The Balaban J connectivity index is 1.50. The maximum Gasteiger partial charge on any atom is 0.294 e. The van der Waals surface area contributed by atoms with Gasteiger partial charge in [0.2, 0.25) is 0 Å². The van der Waals surface area contributed by atoms with Crippen LogP contribution in [0.25, 0.3) is 11.8 Å². The first-order valence-corrected chi connectivity index (χ1v) is 11.0. The third-order valence-electron chi connectivity index (χ3n) is 6.02. The molecule has 0 unspecified atom stereocenters. The number of halogens is 2. The Bertz CT molecular complexity index is 1360. The predicted molar refractivity (Wildman–Crippen MR) is 123 cm³/mol. The molecule has 1 aromatic heterocycles. The van der Waals surface area contributed by atoms with Crippen molar-refractivity contribution in [3.05, 3.63) is 95.1 Å². The van der Waals surface area contributed by atoms with E-state index in [1.807, 2.05) is 29.8 Å². The maximum absolute atomic E-state index is 13.9. The highest BCUT2D eigenvalue weighted by molar-refractivity contribution is 5.98. The molecule has 9 heteroatoms. The second-order valence-corrected chi connectivity index (χ2v) is 8.36. The molecule has 3 heterocycles. The zero-order chi connectivity index (χ0) is 24.7. The largest absolute Gasteiger partial charge is 0.497 e. The standard InChI is InChI=1S/C26H23F2N3O4/c1-15-11-30(14-29-15)21-7-4-17(8-24(21)33-3)9-25-26(32)31-22(16(2)35-25)12-34-13-23(31)18-5-6-19(27)20(28)10-18/h4-12,14,16,23H,13H2,1-3H3/t16-,23-/m0/s1. The first-order chi connectivity index (χ1) is 16.9. The molecule has 0 radical (unpaired) electrons. The molecule has 1 amide bonds. The number of aryl methyl sites for hydroxylation is 1. The summed E-state index contributed by atoms with van der Waals surface area (Å²) in [6, 6.07) is 8.47. The molecule has 0 spiro atoms. The van der Waals surface area contributed by atoms with Gasteiger partial charge in [-0.15, -0.1) is 0 Å². The predicted octanol–water partition coefficient (Wildman–Crippen LogP) is 4.67. The first kappa shape index (κ1) is 22.6. The van der Waals surface area contributed by atoms with Crippen molar-refractivity contribution < 1.29 is 27.8 Å². The van der Waals surface area contributed by atoms with E-state index < -0.39 is 29.7 Å². The molecule has 1 saturated heterocycles. The molecular formula is C26H23F2N3O4. The molecule has 2 aliphatic heterocycles. The van der Waals surface area contributed by atoms with Crippen LogP contribution < -0.4 is 4.74 Å². The number of nitrogens with zero attached hydrogens (tertiary/aromatic N) is 3. The van der Waals surface area contributed by atoms with E-state index in [-0.39, 0.29) is 12.4 Å². The average molecular weight is 479 g/mol. The fraction of sp³-hybridized carbons (Fsp3) is 0.231. The van der Waals surface area contributed by atoms with Gasteiger partial charge in [-0.25, -0.2) is 13.8 Å². The fourth-order valence-electron chi connectivity index (χ4n) is 4.27. The average Bonchev–Trinajstić information content (AvgIpc) is 3.29. The fourth-order valence-corrected chi connectivity index (χ4v) is 4.27. The van der Waals surface area contributed by atoms with Crippen LogP contribution in [0.4, 0.5) is 8.78 Å². The summed E-state index contributed by atoms with van der Waals surface area (Å²) in [4.78, 5) is 19.3. The van der Waals surface area contributed by atoms with Crippen molar-refractivity contribution in [2.75, 3.05) is 13.7 Å². The molecule has 0 bridgehead atoms. The summed E-state index contributed by atoms with van der Waals surface area (Å²) >= 11 is 0. The Morgan fingerprint density at radius 2 is 2.00 bits per heavy atom. The number of rotatable bonds is 4. The maximum atomic E-state index is 13.9. The lowest BCUT2D eigenvalue weighted by Crippen LogP contribution is -2.47. The molecule has 3 aromatic rings. The van der Waals surface area contributed by atoms with E-state index in [2.05, 4.69) is 4.98 Å². The molecule has 180 valence electrons. The smallest absolute Gasteiger partial charge is 0.294 e. The van der Waals surface area contributed by atoms with Crippen molar-refractivity contribution in [1.82, 2.24) is 14.5 Å². The number of carbonyl (C=O) groups excluding carboxylic acids is 1. The number of hydrogen-bond acceptors (Lipinski definition) is 5. The molecule has 7 nitrogen and oxygen atoms in total. The molecule has 1 fully saturated rings. The SMILES string of the molecule is COc1cc(C=C2O[C@@H](C)C3=COC[C@@H](c4ccc(F)c(F)c4)N3C2=O)ccc1-n1cnc(C)c1. The highest BCUT2D eigenvalue weighted by Gasteiger charge is 2.41. The number of aromatic nitrogens is 2. The van der Waals surface area contributed by atoms with E-state index >= 15 is 0 Å². The Kier molecular flexibility index (Phi) is 5.76. The molecule has 2 aromatic carbocycles. The monoisotopic (exact) mass is 479 g/mol. The lowest BCUT2D eigenvalue weighted by atomic mass is 10.0. The second kappa shape index (κ2) is 8.90. The Hall–Kier alpha value is -4.14. The molecule has 0 saturated carbocycles. The van der Waals surface area contributed by atoms with E-state index in [0.717, 1.165) is 23.5 Å². The summed E-state index contributed by atoms with van der Waals surface area (Å²) in [6.45, 7) is 3.80. The Labute approximate surface area is 200 Å². The van der Waals surface area contributed by atoms with Gasteiger partial charge in [0, 0.05) is 6.20 Å². The zero-order valence-electron chi connectivity index (χ0n) is 19.4. The molecule has 2 atom stereocenters. The van der Waals surface area contributed by atoms with E-state index in [4.69, 9.17) is 14.2 Å². The van der Waals surface area contributed by atoms with E-state index in [1.54, 1.807) is 32.5 Å². The summed E-state index contributed by atoms with van der Waals surface area (Å²) in [5.41, 5.74) is 3.31. The van der Waals surface area contributed by atoms with Gasteiger partial charge >= 0.3 is 0 Å². The van der Waals surface area contributed by atoms with Crippen LogP contribution in [0.2, 0.25) is 0 Å². The van der Waals surface area contributed by atoms with Gasteiger partial charge in [-0.2, -0.15) is 0 Å². The van der Waals surface area contributed by atoms with Crippen LogP contribution in [0.3, 0.4) is 0 Å². The molecule has 35 heavy (non-hydrogen) atoms. The lowest BCUT2D eigenvalue weighted by molar-refractivity contribution is -0.140. The van der Waals surface area contributed by atoms with Gasteiger partial charge < -0.3 is 18.8 Å². The van der Waals surface area contributed by atoms with Crippen molar-refractivity contribution in [1.29, 1.82) is 0 Å². The number of hydrogen-bond donors (Lipinski definition) is 0. The quantitative estimate of drug-likeness (QED) is 0.509. The van der Waals surface area contributed by atoms with Gasteiger partial charge in [-0.3, -0.25) is 9.69 Å². The molecule has 0 N–H and O–H groups in total. The van der Waals surface area contributed by atoms with Crippen LogP contribution in [0.15, 0.2) is 66.6 Å². The van der Waals surface area contributed by atoms with Gasteiger partial charge in [0.1, 0.15) is 24.7 Å². The van der Waals surface area contributed by atoms with Crippen molar-refractivity contribution in [3.63, 3.8) is 0 Å². The van der Waals surface area contributed by atoms with Gasteiger partial charge in [0.05, 0.1) is 36.6 Å². The summed E-state index contributed by atoms with van der Waals surface area (Å²) < 4.78 is 46.3. The number of methoxy groups -OCH3 is 1. The van der Waals surface area contributed by atoms with Crippen molar-refractivity contribution in [2.45, 2.75) is 26.0 Å². The van der Waals surface area contributed by atoms with Gasteiger partial charge in [0.25, 0.3) is 5.91 Å². The third kappa shape index (κ3) is 4.14. The third-order valence-corrected chi connectivity index (χ3v) is 6.02. The van der Waals surface area contributed by atoms with Gasteiger partial charge in [0.15, 0.2) is 17.4 Å². The number of amides is 1. The van der Waals surface area contributed by atoms with Crippen LogP contribution in [-0.4, -0.2) is 40.2 Å². The molecule has 0 aliphatic carbocycles. The minimum absolute atomic E-state index is 0.104. The van der Waals surface area contributed by atoms with Crippen LogP contribution in [-0.2, 0) is 14.3 Å². The zero-order valence-corrected chi connectivity index (χ0v) is 19.4. The summed E-state index contributed by atoms with van der Waals surface area (Å²) in [5, 5.41) is 0. The highest BCUT2D eigenvalue weighted by Crippen LogP contribution is 2.38. The number of benzene rings is 2. The highest BCUT2D eigenvalue weighted by atomic mass is 19.2. The van der Waals surface area contributed by atoms with Gasteiger partial charge in [-0.05, 0) is 55.3 Å². The minimum Gasteiger partial charge on any atom is -0.497 e.